The lowest BCUT2D eigenvalue weighted by Gasteiger charge is -2.33. The Bertz CT molecular complexity index is 739. The number of aromatic nitrogens is 2. The van der Waals surface area contributed by atoms with E-state index in [0.29, 0.717) is 17.9 Å². The van der Waals surface area contributed by atoms with Crippen LogP contribution in [0.3, 0.4) is 0 Å². The third kappa shape index (κ3) is 3.36. The molecule has 24 heavy (non-hydrogen) atoms. The van der Waals surface area contributed by atoms with E-state index in [1.807, 2.05) is 16.8 Å². The molecule has 1 saturated carbocycles. The molecule has 0 spiro atoms. The van der Waals surface area contributed by atoms with Crippen molar-refractivity contribution in [3.05, 3.63) is 58.6 Å². The highest BCUT2D eigenvalue weighted by Crippen LogP contribution is 2.33. The molecule has 2 heterocycles. The van der Waals surface area contributed by atoms with Gasteiger partial charge in [-0.05, 0) is 31.2 Å². The first-order valence-electron chi connectivity index (χ1n) is 8.90. The highest BCUT2D eigenvalue weighted by molar-refractivity contribution is 5.37. The SMILES string of the molecule is O=c1c(N2CCCC(NCc3ccccc3)C2)nccn1C1CC1. The summed E-state index contributed by atoms with van der Waals surface area (Å²) in [6, 6.07) is 11.3. The Morgan fingerprint density at radius 3 is 2.79 bits per heavy atom. The molecule has 5 nitrogen and oxygen atoms in total. The van der Waals surface area contributed by atoms with Gasteiger partial charge in [-0.1, -0.05) is 30.3 Å². The second-order valence-electron chi connectivity index (χ2n) is 6.85. The molecule has 1 aromatic heterocycles. The monoisotopic (exact) mass is 324 g/mol. The first kappa shape index (κ1) is 15.4. The summed E-state index contributed by atoms with van der Waals surface area (Å²) in [6.45, 7) is 2.64. The first-order valence-corrected chi connectivity index (χ1v) is 8.90. The Balaban J connectivity index is 1.43. The summed E-state index contributed by atoms with van der Waals surface area (Å²) in [6.07, 6.45) is 8.07. The predicted octanol–water partition coefficient (Wildman–Crippen LogP) is 2.34. The minimum atomic E-state index is 0.0729. The molecular weight excluding hydrogens is 300 g/mol. The minimum Gasteiger partial charge on any atom is -0.350 e. The van der Waals surface area contributed by atoms with Crippen LogP contribution in [-0.4, -0.2) is 28.7 Å². The highest BCUT2D eigenvalue weighted by atomic mass is 16.1. The molecule has 126 valence electrons. The van der Waals surface area contributed by atoms with Crippen LogP contribution in [0.2, 0.25) is 0 Å². The van der Waals surface area contributed by atoms with Crippen LogP contribution < -0.4 is 15.8 Å². The number of rotatable bonds is 5. The molecule has 2 aromatic rings. The number of benzene rings is 1. The summed E-state index contributed by atoms with van der Waals surface area (Å²) in [4.78, 5) is 19.2. The van der Waals surface area contributed by atoms with Crippen molar-refractivity contribution in [3.63, 3.8) is 0 Å². The van der Waals surface area contributed by atoms with Crippen LogP contribution in [0.15, 0.2) is 47.5 Å². The zero-order chi connectivity index (χ0) is 16.4. The van der Waals surface area contributed by atoms with Crippen LogP contribution in [0.5, 0.6) is 0 Å². The standard InChI is InChI=1S/C19H24N4O/c24-19-18(20-10-12-23(19)17-8-9-17)22-11-4-7-16(14-22)21-13-15-5-2-1-3-6-15/h1-3,5-6,10,12,16-17,21H,4,7-9,11,13-14H2. The number of hydrogen-bond donors (Lipinski definition) is 1. The zero-order valence-electron chi connectivity index (χ0n) is 13.9. The van der Waals surface area contributed by atoms with Crippen molar-refractivity contribution in [2.45, 2.75) is 44.3 Å². The van der Waals surface area contributed by atoms with Crippen LogP contribution in [0.25, 0.3) is 0 Å². The molecule has 1 saturated heterocycles. The molecule has 0 radical (unpaired) electrons. The maximum absolute atomic E-state index is 12.7. The van der Waals surface area contributed by atoms with Gasteiger partial charge in [0.2, 0.25) is 0 Å². The van der Waals surface area contributed by atoms with E-state index in [1.165, 1.54) is 5.56 Å². The molecule has 1 aromatic carbocycles. The molecule has 1 atom stereocenters. The molecule has 0 bridgehead atoms. The van der Waals surface area contributed by atoms with Crippen LogP contribution in [0, 0.1) is 0 Å². The summed E-state index contributed by atoms with van der Waals surface area (Å²) in [5.74, 6) is 0.621. The lowest BCUT2D eigenvalue weighted by Crippen LogP contribution is -2.47. The van der Waals surface area contributed by atoms with E-state index in [-0.39, 0.29) is 5.56 Å². The zero-order valence-corrected chi connectivity index (χ0v) is 13.9. The normalized spacial score (nSPS) is 21.0. The summed E-state index contributed by atoms with van der Waals surface area (Å²) < 4.78 is 1.86. The van der Waals surface area contributed by atoms with Crippen molar-refractivity contribution >= 4 is 5.82 Å². The summed E-state index contributed by atoms with van der Waals surface area (Å²) >= 11 is 0. The van der Waals surface area contributed by atoms with E-state index >= 15 is 0 Å². The number of nitrogens with one attached hydrogen (secondary N) is 1. The van der Waals surface area contributed by atoms with Gasteiger partial charge in [0.25, 0.3) is 5.56 Å². The molecule has 2 aliphatic rings. The van der Waals surface area contributed by atoms with E-state index < -0.39 is 0 Å². The van der Waals surface area contributed by atoms with Gasteiger partial charge in [-0.2, -0.15) is 0 Å². The Morgan fingerprint density at radius 1 is 1.17 bits per heavy atom. The Kier molecular flexibility index (Phi) is 4.34. The molecule has 4 rings (SSSR count). The van der Waals surface area contributed by atoms with Crippen LogP contribution in [-0.2, 0) is 6.54 Å². The summed E-state index contributed by atoms with van der Waals surface area (Å²) in [7, 11) is 0. The lowest BCUT2D eigenvalue weighted by atomic mass is 10.1. The quantitative estimate of drug-likeness (QED) is 0.917. The Morgan fingerprint density at radius 2 is 2.00 bits per heavy atom. The molecule has 1 unspecified atom stereocenters. The smallest absolute Gasteiger partial charge is 0.293 e. The second kappa shape index (κ2) is 6.77. The van der Waals surface area contributed by atoms with E-state index in [2.05, 4.69) is 39.5 Å². The van der Waals surface area contributed by atoms with Gasteiger partial charge < -0.3 is 14.8 Å². The first-order chi connectivity index (χ1) is 11.8. The van der Waals surface area contributed by atoms with Gasteiger partial charge in [0.1, 0.15) is 0 Å². The van der Waals surface area contributed by atoms with Gasteiger partial charge >= 0.3 is 0 Å². The fourth-order valence-corrected chi connectivity index (χ4v) is 3.47. The maximum atomic E-state index is 12.7. The Labute approximate surface area is 142 Å². The molecule has 2 fully saturated rings. The van der Waals surface area contributed by atoms with Crippen molar-refractivity contribution in [1.29, 1.82) is 0 Å². The summed E-state index contributed by atoms with van der Waals surface area (Å²) in [5.41, 5.74) is 1.37. The number of nitrogens with zero attached hydrogens (tertiary/aromatic N) is 3. The number of anilines is 1. The van der Waals surface area contributed by atoms with Gasteiger partial charge in [0, 0.05) is 44.1 Å². The van der Waals surface area contributed by atoms with Crippen molar-refractivity contribution in [1.82, 2.24) is 14.9 Å². The van der Waals surface area contributed by atoms with Crippen LogP contribution >= 0.6 is 0 Å². The number of hydrogen-bond acceptors (Lipinski definition) is 4. The second-order valence-corrected chi connectivity index (χ2v) is 6.85. The average Bonchev–Trinajstić information content (AvgIpc) is 3.46. The molecular formula is C19H24N4O. The van der Waals surface area contributed by atoms with Gasteiger partial charge in [-0.15, -0.1) is 0 Å². The largest absolute Gasteiger partial charge is 0.350 e. The highest BCUT2D eigenvalue weighted by Gasteiger charge is 2.28. The summed E-state index contributed by atoms with van der Waals surface area (Å²) in [5, 5.41) is 3.63. The molecule has 5 heteroatoms. The molecule has 1 aliphatic carbocycles. The van der Waals surface area contributed by atoms with Gasteiger partial charge in [-0.3, -0.25) is 4.79 Å². The predicted molar refractivity (Wildman–Crippen MR) is 95.3 cm³/mol. The van der Waals surface area contributed by atoms with Crippen LogP contribution in [0.1, 0.15) is 37.3 Å². The fourth-order valence-electron chi connectivity index (χ4n) is 3.47. The minimum absolute atomic E-state index is 0.0729. The molecule has 1 aliphatic heterocycles. The van der Waals surface area contributed by atoms with E-state index in [4.69, 9.17) is 0 Å². The van der Waals surface area contributed by atoms with Crippen molar-refractivity contribution in [3.8, 4) is 0 Å². The van der Waals surface area contributed by atoms with E-state index in [1.54, 1.807) is 6.20 Å². The van der Waals surface area contributed by atoms with Gasteiger partial charge in [0.15, 0.2) is 5.82 Å². The van der Waals surface area contributed by atoms with Crippen LogP contribution in [0.4, 0.5) is 5.82 Å². The van der Waals surface area contributed by atoms with E-state index in [9.17, 15) is 4.79 Å². The van der Waals surface area contributed by atoms with Gasteiger partial charge in [0.05, 0.1) is 0 Å². The molecule has 0 amide bonds. The Hall–Kier alpha value is -2.14. The van der Waals surface area contributed by atoms with Gasteiger partial charge in [-0.25, -0.2) is 4.98 Å². The van der Waals surface area contributed by atoms with E-state index in [0.717, 1.165) is 45.3 Å². The third-order valence-corrected chi connectivity index (χ3v) is 4.95. The van der Waals surface area contributed by atoms with Crippen molar-refractivity contribution in [2.24, 2.45) is 0 Å². The fraction of sp³-hybridized carbons (Fsp3) is 0.474. The topological polar surface area (TPSA) is 50.2 Å². The third-order valence-electron chi connectivity index (χ3n) is 4.95. The average molecular weight is 324 g/mol. The lowest BCUT2D eigenvalue weighted by molar-refractivity contribution is 0.418. The maximum Gasteiger partial charge on any atom is 0.293 e. The molecule has 1 N–H and O–H groups in total. The number of piperidine rings is 1. The van der Waals surface area contributed by atoms with Crippen molar-refractivity contribution in [2.75, 3.05) is 18.0 Å². The van der Waals surface area contributed by atoms with Crippen molar-refractivity contribution < 1.29 is 0 Å².